The zero-order valence-corrected chi connectivity index (χ0v) is 12.5. The Morgan fingerprint density at radius 3 is 2.75 bits per heavy atom. The Bertz CT molecular complexity index is 344. The van der Waals surface area contributed by atoms with E-state index in [-0.39, 0.29) is 6.03 Å². The van der Waals surface area contributed by atoms with E-state index in [0.717, 1.165) is 31.5 Å². The second kappa shape index (κ2) is 6.31. The number of hydrogen-bond donors (Lipinski definition) is 1. The van der Waals surface area contributed by atoms with Crippen molar-refractivity contribution < 1.29 is 9.53 Å². The fourth-order valence-corrected chi connectivity index (χ4v) is 4.01. The smallest absolute Gasteiger partial charge is 0.317 e. The second-order valence-electron chi connectivity index (χ2n) is 6.39. The first kappa shape index (κ1) is 14.1. The molecule has 2 bridgehead atoms. The summed E-state index contributed by atoms with van der Waals surface area (Å²) in [5.41, 5.74) is 0. The lowest BCUT2D eigenvalue weighted by molar-refractivity contribution is 0.000281. The van der Waals surface area contributed by atoms with Crippen molar-refractivity contribution in [3.8, 4) is 0 Å². The molecule has 1 N–H and O–H groups in total. The first-order valence-corrected chi connectivity index (χ1v) is 8.12. The molecule has 4 fully saturated rings. The van der Waals surface area contributed by atoms with Gasteiger partial charge < -0.3 is 15.0 Å². The molecule has 20 heavy (non-hydrogen) atoms. The zero-order chi connectivity index (χ0) is 13.9. The number of piperidine rings is 3. The van der Waals surface area contributed by atoms with E-state index < -0.39 is 0 Å². The van der Waals surface area contributed by atoms with Gasteiger partial charge in [-0.3, -0.25) is 4.90 Å². The molecule has 0 radical (unpaired) electrons. The minimum Gasteiger partial charge on any atom is -0.378 e. The Balaban J connectivity index is 1.46. The van der Waals surface area contributed by atoms with Crippen molar-refractivity contribution in [3.05, 3.63) is 0 Å². The molecule has 114 valence electrons. The summed E-state index contributed by atoms with van der Waals surface area (Å²) in [6, 6.07) is 0.643. The lowest BCUT2D eigenvalue weighted by atomic mass is 9.74. The van der Waals surface area contributed by atoms with Gasteiger partial charge in [0.1, 0.15) is 0 Å². The average molecular weight is 281 g/mol. The van der Waals surface area contributed by atoms with Crippen LogP contribution in [0.4, 0.5) is 4.79 Å². The van der Waals surface area contributed by atoms with Crippen LogP contribution in [0.2, 0.25) is 0 Å². The Morgan fingerprint density at radius 1 is 1.30 bits per heavy atom. The van der Waals surface area contributed by atoms with E-state index in [9.17, 15) is 4.79 Å². The fourth-order valence-electron chi connectivity index (χ4n) is 4.01. The molecule has 4 aliphatic heterocycles. The van der Waals surface area contributed by atoms with Crippen molar-refractivity contribution in [2.75, 3.05) is 45.9 Å². The second-order valence-corrected chi connectivity index (χ2v) is 6.39. The number of fused-ring (bicyclic) bond motifs is 3. The standard InChI is InChI=1S/C15H27N3O2/c1-2-12-11-18-4-3-13(12)9-14(18)10-16-15(19)17-5-7-20-8-6-17/h12-14H,2-11H2,1H3,(H,16,19)/t12-,13-,14+/m0/s1. The highest BCUT2D eigenvalue weighted by Gasteiger charge is 2.39. The molecule has 0 saturated carbocycles. The van der Waals surface area contributed by atoms with Gasteiger partial charge in [0.2, 0.25) is 0 Å². The van der Waals surface area contributed by atoms with Crippen LogP contribution in [0.25, 0.3) is 0 Å². The lowest BCUT2D eigenvalue weighted by Gasteiger charge is -2.50. The minimum absolute atomic E-state index is 0.0861. The third-order valence-electron chi connectivity index (χ3n) is 5.33. The van der Waals surface area contributed by atoms with Crippen LogP contribution in [0.1, 0.15) is 26.2 Å². The van der Waals surface area contributed by atoms with Gasteiger partial charge in [-0.05, 0) is 31.2 Å². The van der Waals surface area contributed by atoms with Crippen LogP contribution in [0.15, 0.2) is 0 Å². The summed E-state index contributed by atoms with van der Waals surface area (Å²) in [7, 11) is 0. The summed E-state index contributed by atoms with van der Waals surface area (Å²) in [6.45, 7) is 8.36. The number of amides is 2. The van der Waals surface area contributed by atoms with E-state index in [1.807, 2.05) is 4.90 Å². The fraction of sp³-hybridized carbons (Fsp3) is 0.933. The van der Waals surface area contributed by atoms with Gasteiger partial charge in [0.05, 0.1) is 13.2 Å². The van der Waals surface area contributed by atoms with Crippen LogP contribution in [0.3, 0.4) is 0 Å². The number of nitrogens with one attached hydrogen (secondary N) is 1. The normalized spacial score (nSPS) is 37.0. The van der Waals surface area contributed by atoms with E-state index in [0.29, 0.717) is 19.3 Å². The molecular formula is C15H27N3O2. The van der Waals surface area contributed by atoms with Gasteiger partial charge in [0, 0.05) is 32.2 Å². The summed E-state index contributed by atoms with van der Waals surface area (Å²) in [5, 5.41) is 3.13. The maximum Gasteiger partial charge on any atom is 0.317 e. The topological polar surface area (TPSA) is 44.8 Å². The SMILES string of the molecule is CC[C@H]1CN2CC[C@H]1C[C@@H]2CNC(=O)N1CCOCC1. The molecule has 0 aromatic rings. The maximum atomic E-state index is 12.1. The van der Waals surface area contributed by atoms with Crippen molar-refractivity contribution in [2.45, 2.75) is 32.2 Å². The molecular weight excluding hydrogens is 254 g/mol. The number of nitrogens with zero attached hydrogens (tertiary/aromatic N) is 2. The summed E-state index contributed by atoms with van der Waals surface area (Å²) in [6.07, 6.45) is 3.92. The molecule has 4 rings (SSSR count). The molecule has 5 heteroatoms. The molecule has 4 atom stereocenters. The molecule has 4 aliphatic rings. The maximum absolute atomic E-state index is 12.1. The first-order valence-electron chi connectivity index (χ1n) is 8.12. The number of ether oxygens (including phenoxy) is 1. The third-order valence-corrected chi connectivity index (χ3v) is 5.33. The lowest BCUT2D eigenvalue weighted by Crippen LogP contribution is -2.57. The molecule has 0 aliphatic carbocycles. The van der Waals surface area contributed by atoms with Crippen molar-refractivity contribution >= 4 is 6.03 Å². The van der Waals surface area contributed by atoms with E-state index in [4.69, 9.17) is 4.74 Å². The Hall–Kier alpha value is -0.810. The van der Waals surface area contributed by atoms with Gasteiger partial charge in [-0.1, -0.05) is 13.3 Å². The van der Waals surface area contributed by atoms with Gasteiger partial charge in [0.25, 0.3) is 0 Å². The molecule has 0 aromatic carbocycles. The summed E-state index contributed by atoms with van der Waals surface area (Å²) in [4.78, 5) is 16.6. The Kier molecular flexibility index (Phi) is 4.46. The molecule has 2 amide bonds. The van der Waals surface area contributed by atoms with Crippen molar-refractivity contribution in [1.29, 1.82) is 0 Å². The number of morpholine rings is 1. The van der Waals surface area contributed by atoms with E-state index in [2.05, 4.69) is 17.1 Å². The Labute approximate surface area is 121 Å². The van der Waals surface area contributed by atoms with Gasteiger partial charge in [-0.25, -0.2) is 4.79 Å². The summed E-state index contributed by atoms with van der Waals surface area (Å²) >= 11 is 0. The zero-order valence-electron chi connectivity index (χ0n) is 12.5. The number of carbonyl (C=O) groups is 1. The predicted octanol–water partition coefficient (Wildman–Crippen LogP) is 1.15. The molecule has 0 spiro atoms. The van der Waals surface area contributed by atoms with Crippen LogP contribution < -0.4 is 5.32 Å². The molecule has 0 aromatic heterocycles. The van der Waals surface area contributed by atoms with Crippen LogP contribution in [0, 0.1) is 11.8 Å². The highest BCUT2D eigenvalue weighted by molar-refractivity contribution is 5.74. The summed E-state index contributed by atoms with van der Waals surface area (Å²) < 4.78 is 5.28. The van der Waals surface area contributed by atoms with Gasteiger partial charge >= 0.3 is 6.03 Å². The summed E-state index contributed by atoms with van der Waals surface area (Å²) in [5.74, 6) is 1.77. The highest BCUT2D eigenvalue weighted by atomic mass is 16.5. The number of rotatable bonds is 3. The molecule has 5 nitrogen and oxygen atoms in total. The van der Waals surface area contributed by atoms with Crippen molar-refractivity contribution in [2.24, 2.45) is 11.8 Å². The monoisotopic (exact) mass is 281 g/mol. The van der Waals surface area contributed by atoms with E-state index >= 15 is 0 Å². The first-order chi connectivity index (χ1) is 9.78. The van der Waals surface area contributed by atoms with Crippen LogP contribution >= 0.6 is 0 Å². The number of urea groups is 1. The Morgan fingerprint density at radius 2 is 2.10 bits per heavy atom. The molecule has 1 unspecified atom stereocenters. The quantitative estimate of drug-likeness (QED) is 0.844. The highest BCUT2D eigenvalue weighted by Crippen LogP contribution is 2.37. The predicted molar refractivity (Wildman–Crippen MR) is 77.7 cm³/mol. The molecule has 4 saturated heterocycles. The van der Waals surface area contributed by atoms with Crippen LogP contribution in [0.5, 0.6) is 0 Å². The molecule has 4 heterocycles. The van der Waals surface area contributed by atoms with E-state index in [1.165, 1.54) is 32.4 Å². The largest absolute Gasteiger partial charge is 0.378 e. The number of carbonyl (C=O) groups excluding carboxylic acids is 1. The van der Waals surface area contributed by atoms with Crippen LogP contribution in [-0.4, -0.2) is 67.8 Å². The van der Waals surface area contributed by atoms with Crippen LogP contribution in [-0.2, 0) is 4.74 Å². The van der Waals surface area contributed by atoms with E-state index in [1.54, 1.807) is 0 Å². The minimum atomic E-state index is 0.0861. The van der Waals surface area contributed by atoms with Gasteiger partial charge in [0.15, 0.2) is 0 Å². The average Bonchev–Trinajstić information content (AvgIpc) is 2.53. The van der Waals surface area contributed by atoms with Gasteiger partial charge in [-0.15, -0.1) is 0 Å². The van der Waals surface area contributed by atoms with Crippen molar-refractivity contribution in [3.63, 3.8) is 0 Å². The third kappa shape index (κ3) is 2.93. The van der Waals surface area contributed by atoms with Gasteiger partial charge in [-0.2, -0.15) is 0 Å². The van der Waals surface area contributed by atoms with Crippen molar-refractivity contribution in [1.82, 2.24) is 15.1 Å². The number of hydrogen-bond acceptors (Lipinski definition) is 3.